The zero-order valence-electron chi connectivity index (χ0n) is 19.8. The molecule has 35 heavy (non-hydrogen) atoms. The molecule has 0 aliphatic rings. The highest BCUT2D eigenvalue weighted by molar-refractivity contribution is 7.92. The van der Waals surface area contributed by atoms with Crippen LogP contribution in [0.5, 0.6) is 0 Å². The minimum atomic E-state index is -4.14. The third-order valence-corrected chi connectivity index (χ3v) is 7.67. The van der Waals surface area contributed by atoms with Crippen molar-refractivity contribution < 1.29 is 18.0 Å². The second-order valence-electron chi connectivity index (χ2n) is 8.08. The first kappa shape index (κ1) is 26.2. The van der Waals surface area contributed by atoms with Crippen LogP contribution >= 0.6 is 11.6 Å². The number of anilines is 1. The monoisotopic (exact) mass is 513 g/mol. The summed E-state index contributed by atoms with van der Waals surface area (Å²) in [6.45, 7) is 3.15. The molecule has 0 aromatic heterocycles. The lowest BCUT2D eigenvalue weighted by atomic mass is 10.1. The summed E-state index contributed by atoms with van der Waals surface area (Å²) >= 11 is 6.36. The molecule has 3 rings (SSSR count). The second-order valence-corrected chi connectivity index (χ2v) is 10.3. The lowest BCUT2D eigenvalue weighted by Gasteiger charge is -2.32. The molecule has 0 bridgehead atoms. The van der Waals surface area contributed by atoms with Gasteiger partial charge in [0, 0.05) is 13.6 Å². The van der Waals surface area contributed by atoms with Crippen molar-refractivity contribution in [1.29, 1.82) is 0 Å². The maximum Gasteiger partial charge on any atom is 0.264 e. The van der Waals surface area contributed by atoms with Gasteiger partial charge in [0.2, 0.25) is 11.8 Å². The predicted octanol–water partition coefficient (Wildman–Crippen LogP) is 4.01. The van der Waals surface area contributed by atoms with Crippen LogP contribution in [0.1, 0.15) is 18.1 Å². The minimum Gasteiger partial charge on any atom is -0.357 e. The molecule has 1 N–H and O–H groups in total. The van der Waals surface area contributed by atoms with Crippen molar-refractivity contribution in [3.8, 4) is 0 Å². The summed E-state index contributed by atoms with van der Waals surface area (Å²) in [5.41, 5.74) is 2.01. The normalized spacial score (nSPS) is 12.0. The molecule has 3 aromatic rings. The number of amides is 2. The summed E-state index contributed by atoms with van der Waals surface area (Å²) in [4.78, 5) is 27.5. The zero-order valence-corrected chi connectivity index (χ0v) is 21.4. The average molecular weight is 514 g/mol. The molecule has 9 heteroatoms. The lowest BCUT2D eigenvalue weighted by molar-refractivity contribution is -0.139. The number of carbonyl (C=O) groups excluding carboxylic acids is 2. The van der Waals surface area contributed by atoms with Gasteiger partial charge in [0.15, 0.2) is 0 Å². The fourth-order valence-electron chi connectivity index (χ4n) is 3.69. The number of benzene rings is 3. The van der Waals surface area contributed by atoms with Crippen molar-refractivity contribution in [2.45, 2.75) is 31.3 Å². The van der Waals surface area contributed by atoms with Gasteiger partial charge in [0.05, 0.1) is 15.6 Å². The van der Waals surface area contributed by atoms with Crippen molar-refractivity contribution in [3.63, 3.8) is 0 Å². The molecular formula is C26H28ClN3O4S. The molecule has 0 unspecified atom stereocenters. The Morgan fingerprint density at radius 2 is 1.63 bits per heavy atom. The van der Waals surface area contributed by atoms with Crippen molar-refractivity contribution in [2.75, 3.05) is 17.9 Å². The van der Waals surface area contributed by atoms with Crippen molar-refractivity contribution in [3.05, 3.63) is 95.0 Å². The number of nitrogens with zero attached hydrogens (tertiary/aromatic N) is 2. The van der Waals surface area contributed by atoms with E-state index in [0.29, 0.717) is 0 Å². The minimum absolute atomic E-state index is 0.0253. The molecule has 2 amide bonds. The van der Waals surface area contributed by atoms with Gasteiger partial charge in [-0.05, 0) is 43.7 Å². The van der Waals surface area contributed by atoms with E-state index in [-0.39, 0.29) is 28.1 Å². The number of aryl methyl sites for hydroxylation is 1. The van der Waals surface area contributed by atoms with Gasteiger partial charge in [0.25, 0.3) is 10.0 Å². The summed E-state index contributed by atoms with van der Waals surface area (Å²) in [6.07, 6.45) is 0. The van der Waals surface area contributed by atoms with Gasteiger partial charge in [-0.1, -0.05) is 71.8 Å². The van der Waals surface area contributed by atoms with Crippen molar-refractivity contribution in [2.24, 2.45) is 0 Å². The molecule has 0 radical (unpaired) electrons. The highest BCUT2D eigenvalue weighted by atomic mass is 35.5. The van der Waals surface area contributed by atoms with E-state index < -0.39 is 28.5 Å². The molecule has 0 aliphatic carbocycles. The molecule has 7 nitrogen and oxygen atoms in total. The average Bonchev–Trinajstić information content (AvgIpc) is 2.85. The Balaban J connectivity index is 2.04. The van der Waals surface area contributed by atoms with Crippen LogP contribution in [-0.4, -0.2) is 44.8 Å². The molecular weight excluding hydrogens is 486 g/mol. The summed E-state index contributed by atoms with van der Waals surface area (Å²) < 4.78 is 28.2. The number of nitrogens with one attached hydrogen (secondary N) is 1. The Hall–Kier alpha value is -3.36. The van der Waals surface area contributed by atoms with Gasteiger partial charge < -0.3 is 10.2 Å². The van der Waals surface area contributed by atoms with Crippen LogP contribution in [0.3, 0.4) is 0 Å². The van der Waals surface area contributed by atoms with Crippen LogP contribution < -0.4 is 9.62 Å². The Labute approximate surface area is 211 Å². The van der Waals surface area contributed by atoms with Crippen LogP contribution in [0.4, 0.5) is 5.69 Å². The van der Waals surface area contributed by atoms with E-state index >= 15 is 0 Å². The third kappa shape index (κ3) is 6.21. The van der Waals surface area contributed by atoms with E-state index in [2.05, 4.69) is 5.32 Å². The molecule has 0 spiro atoms. The van der Waals surface area contributed by atoms with Crippen LogP contribution in [-0.2, 0) is 26.2 Å². The van der Waals surface area contributed by atoms with Crippen LogP contribution in [0.25, 0.3) is 0 Å². The molecule has 0 fully saturated rings. The predicted molar refractivity (Wildman–Crippen MR) is 138 cm³/mol. The summed E-state index contributed by atoms with van der Waals surface area (Å²) in [7, 11) is -2.65. The Bertz CT molecular complexity index is 1300. The number of rotatable bonds is 9. The van der Waals surface area contributed by atoms with Crippen LogP contribution in [0, 0.1) is 6.92 Å². The Morgan fingerprint density at radius 3 is 2.26 bits per heavy atom. The maximum absolute atomic E-state index is 13.7. The van der Waals surface area contributed by atoms with Gasteiger partial charge in [-0.3, -0.25) is 13.9 Å². The number of para-hydroxylation sites is 1. The number of likely N-dealkylation sites (N-methyl/N-ethyl adjacent to an activating group) is 1. The number of halogens is 1. The van der Waals surface area contributed by atoms with Gasteiger partial charge in [0.1, 0.15) is 12.6 Å². The van der Waals surface area contributed by atoms with Crippen molar-refractivity contribution in [1.82, 2.24) is 10.2 Å². The molecule has 0 saturated heterocycles. The Kier molecular flexibility index (Phi) is 8.53. The molecule has 0 saturated carbocycles. The molecule has 0 aliphatic heterocycles. The zero-order chi connectivity index (χ0) is 25.6. The van der Waals surface area contributed by atoms with E-state index in [1.165, 1.54) is 24.1 Å². The van der Waals surface area contributed by atoms with Gasteiger partial charge in [-0.25, -0.2) is 8.42 Å². The van der Waals surface area contributed by atoms with Gasteiger partial charge in [-0.2, -0.15) is 0 Å². The SMILES string of the molecule is CNC(=O)[C@@H](C)N(Cc1cccc(C)c1)C(=O)CN(c1ccccc1Cl)S(=O)(=O)c1ccccc1. The smallest absolute Gasteiger partial charge is 0.264 e. The van der Waals surface area contributed by atoms with Gasteiger partial charge in [-0.15, -0.1) is 0 Å². The maximum atomic E-state index is 13.7. The van der Waals surface area contributed by atoms with E-state index in [1.54, 1.807) is 49.4 Å². The number of sulfonamides is 1. The number of carbonyl (C=O) groups is 2. The molecule has 1 atom stereocenters. The molecule has 3 aromatic carbocycles. The topological polar surface area (TPSA) is 86.8 Å². The van der Waals surface area contributed by atoms with Crippen molar-refractivity contribution >= 4 is 39.1 Å². The van der Waals surface area contributed by atoms with E-state index in [0.717, 1.165) is 15.4 Å². The number of hydrogen-bond acceptors (Lipinski definition) is 4. The molecule has 184 valence electrons. The number of hydrogen-bond donors (Lipinski definition) is 1. The highest BCUT2D eigenvalue weighted by Crippen LogP contribution is 2.30. The third-order valence-electron chi connectivity index (χ3n) is 5.58. The van der Waals surface area contributed by atoms with E-state index in [1.807, 2.05) is 31.2 Å². The highest BCUT2D eigenvalue weighted by Gasteiger charge is 2.33. The summed E-state index contributed by atoms with van der Waals surface area (Å²) in [5, 5.41) is 2.75. The van der Waals surface area contributed by atoms with Crippen LogP contribution in [0.2, 0.25) is 5.02 Å². The fourth-order valence-corrected chi connectivity index (χ4v) is 5.43. The first-order chi connectivity index (χ1) is 16.6. The largest absolute Gasteiger partial charge is 0.357 e. The summed E-state index contributed by atoms with van der Waals surface area (Å²) in [6, 6.07) is 21.0. The van der Waals surface area contributed by atoms with E-state index in [9.17, 15) is 18.0 Å². The van der Waals surface area contributed by atoms with Crippen LogP contribution in [0.15, 0.2) is 83.8 Å². The Morgan fingerprint density at radius 1 is 0.971 bits per heavy atom. The first-order valence-corrected chi connectivity index (χ1v) is 12.9. The standard InChI is InChI=1S/C26H28ClN3O4S/c1-19-10-9-11-21(16-19)17-29(20(2)26(32)28-3)25(31)18-30(24-15-8-7-14-23(24)27)35(33,34)22-12-5-4-6-13-22/h4-16,20H,17-18H2,1-3H3,(H,28,32)/t20-/m1/s1. The summed E-state index contributed by atoms with van der Waals surface area (Å²) in [5.74, 6) is -0.900. The molecule has 0 heterocycles. The van der Waals surface area contributed by atoms with Gasteiger partial charge >= 0.3 is 0 Å². The quantitative estimate of drug-likeness (QED) is 0.468. The van der Waals surface area contributed by atoms with E-state index in [4.69, 9.17) is 11.6 Å². The lowest BCUT2D eigenvalue weighted by Crippen LogP contribution is -2.50. The fraction of sp³-hybridized carbons (Fsp3) is 0.231. The second kappa shape index (κ2) is 11.4. The first-order valence-electron chi connectivity index (χ1n) is 11.0.